The van der Waals surface area contributed by atoms with Crippen molar-refractivity contribution in [3.63, 3.8) is 0 Å². The van der Waals surface area contributed by atoms with E-state index in [4.69, 9.17) is 32.7 Å². The van der Waals surface area contributed by atoms with Crippen molar-refractivity contribution in [2.45, 2.75) is 44.2 Å². The normalized spacial score (nSPS) is 22.5. The molecule has 2 fully saturated rings. The summed E-state index contributed by atoms with van der Waals surface area (Å²) < 4.78 is 11.8. The molecule has 33 heavy (non-hydrogen) atoms. The highest BCUT2D eigenvalue weighted by Crippen LogP contribution is 2.39. The number of hydrogen-bond acceptors (Lipinski definition) is 6. The molecule has 2 aliphatic rings. The highest BCUT2D eigenvalue weighted by molar-refractivity contribution is 6.42. The number of anilines is 2. The lowest BCUT2D eigenvalue weighted by molar-refractivity contribution is 0.119. The van der Waals surface area contributed by atoms with Crippen molar-refractivity contribution in [3.05, 3.63) is 46.7 Å². The van der Waals surface area contributed by atoms with Gasteiger partial charge in [-0.1, -0.05) is 23.2 Å². The monoisotopic (exact) mass is 486 g/mol. The van der Waals surface area contributed by atoms with Crippen molar-refractivity contribution in [2.75, 3.05) is 26.1 Å². The molecular formula is C25H28Cl2N4O2. The van der Waals surface area contributed by atoms with Gasteiger partial charge in [0.1, 0.15) is 12.1 Å². The lowest BCUT2D eigenvalue weighted by atomic mass is 9.89. The average Bonchev–Trinajstić information content (AvgIpc) is 3.01. The molecule has 2 saturated heterocycles. The largest absolute Gasteiger partial charge is 0.493 e. The van der Waals surface area contributed by atoms with E-state index in [1.807, 2.05) is 18.2 Å². The maximum absolute atomic E-state index is 6.19. The van der Waals surface area contributed by atoms with Crippen molar-refractivity contribution in [1.29, 1.82) is 0 Å². The first kappa shape index (κ1) is 22.5. The van der Waals surface area contributed by atoms with Gasteiger partial charge in [0.25, 0.3) is 0 Å². The molecule has 174 valence electrons. The van der Waals surface area contributed by atoms with Crippen LogP contribution in [-0.2, 0) is 0 Å². The Labute approximate surface area is 204 Å². The van der Waals surface area contributed by atoms with E-state index in [0.717, 1.165) is 41.0 Å². The van der Waals surface area contributed by atoms with Crippen LogP contribution < -0.4 is 14.8 Å². The van der Waals surface area contributed by atoms with Gasteiger partial charge in [-0.2, -0.15) is 0 Å². The first-order valence-electron chi connectivity index (χ1n) is 11.4. The van der Waals surface area contributed by atoms with Gasteiger partial charge in [0.15, 0.2) is 11.5 Å². The predicted molar refractivity (Wildman–Crippen MR) is 133 cm³/mol. The van der Waals surface area contributed by atoms with E-state index in [0.29, 0.717) is 34.0 Å². The molecule has 0 amide bonds. The molecule has 3 atom stereocenters. The van der Waals surface area contributed by atoms with Crippen molar-refractivity contribution in [2.24, 2.45) is 5.92 Å². The molecule has 0 unspecified atom stereocenters. The SMILES string of the molecule is COc1cc2c(Nc3ccc(Cl)c(Cl)c3)ncnc2cc1OCC[C@H]1C[C@H]2CC[C@@H](C1)N2C. The summed E-state index contributed by atoms with van der Waals surface area (Å²) in [6.45, 7) is 0.676. The number of benzene rings is 2. The van der Waals surface area contributed by atoms with Crippen molar-refractivity contribution >= 4 is 45.6 Å². The Morgan fingerprint density at radius 1 is 1.03 bits per heavy atom. The van der Waals surface area contributed by atoms with Gasteiger partial charge in [-0.25, -0.2) is 9.97 Å². The zero-order valence-electron chi connectivity index (χ0n) is 18.9. The van der Waals surface area contributed by atoms with Crippen LogP contribution in [0.4, 0.5) is 11.5 Å². The fraction of sp³-hybridized carbons (Fsp3) is 0.440. The number of aromatic nitrogens is 2. The van der Waals surface area contributed by atoms with Gasteiger partial charge in [0.2, 0.25) is 0 Å². The van der Waals surface area contributed by atoms with Gasteiger partial charge >= 0.3 is 0 Å². The van der Waals surface area contributed by atoms with Gasteiger partial charge < -0.3 is 19.7 Å². The molecule has 2 aromatic carbocycles. The summed E-state index contributed by atoms with van der Waals surface area (Å²) >= 11 is 12.2. The molecule has 6 nitrogen and oxygen atoms in total. The summed E-state index contributed by atoms with van der Waals surface area (Å²) in [6, 6.07) is 10.7. The maximum atomic E-state index is 6.19. The third kappa shape index (κ3) is 4.70. The second-order valence-electron chi connectivity index (χ2n) is 9.02. The van der Waals surface area contributed by atoms with E-state index >= 15 is 0 Å². The summed E-state index contributed by atoms with van der Waals surface area (Å²) in [7, 11) is 3.93. The predicted octanol–water partition coefficient (Wildman–Crippen LogP) is 6.33. The number of halogens is 2. The van der Waals surface area contributed by atoms with E-state index in [-0.39, 0.29) is 0 Å². The molecule has 5 rings (SSSR count). The Morgan fingerprint density at radius 2 is 1.82 bits per heavy atom. The standard InChI is InChI=1S/C25H28Cl2N4O2/c1-31-17-4-5-18(31)10-15(9-17)7-8-33-24-13-22-19(12-23(24)32-2)25(29-14-28-22)30-16-3-6-20(26)21(27)11-16/h3,6,11-15,17-18H,4-5,7-10H2,1-2H3,(H,28,29,30)/t15-,17+,18-. The van der Waals surface area contributed by atoms with Gasteiger partial charge in [-0.3, -0.25) is 0 Å². The van der Waals surface area contributed by atoms with E-state index in [9.17, 15) is 0 Å². The molecule has 0 aliphatic carbocycles. The number of methoxy groups -OCH3 is 1. The number of ether oxygens (including phenoxy) is 2. The topological polar surface area (TPSA) is 59.5 Å². The highest BCUT2D eigenvalue weighted by atomic mass is 35.5. The molecule has 0 radical (unpaired) electrons. The minimum Gasteiger partial charge on any atom is -0.493 e. The Hall–Kier alpha value is -2.28. The molecule has 0 spiro atoms. The molecular weight excluding hydrogens is 459 g/mol. The first-order chi connectivity index (χ1) is 16.0. The second-order valence-corrected chi connectivity index (χ2v) is 9.84. The van der Waals surface area contributed by atoms with Crippen LogP contribution in [0.3, 0.4) is 0 Å². The van der Waals surface area contributed by atoms with Gasteiger partial charge in [0.05, 0.1) is 29.3 Å². The third-order valence-corrected chi connectivity index (χ3v) is 7.82. The minimum atomic E-state index is 0.478. The number of piperidine rings is 1. The summed E-state index contributed by atoms with van der Waals surface area (Å²) in [5.41, 5.74) is 1.57. The van der Waals surface area contributed by atoms with Crippen LogP contribution in [0.15, 0.2) is 36.7 Å². The van der Waals surface area contributed by atoms with Gasteiger partial charge in [0, 0.05) is 29.2 Å². The summed E-state index contributed by atoms with van der Waals surface area (Å²) in [5, 5.41) is 5.11. The van der Waals surface area contributed by atoms with E-state index in [1.54, 1.807) is 19.2 Å². The fourth-order valence-corrected chi connectivity index (χ4v) is 5.54. The van der Waals surface area contributed by atoms with E-state index in [2.05, 4.69) is 27.2 Å². The molecule has 8 heteroatoms. The van der Waals surface area contributed by atoms with Crippen LogP contribution in [-0.4, -0.2) is 47.7 Å². The number of fused-ring (bicyclic) bond motifs is 3. The van der Waals surface area contributed by atoms with Gasteiger partial charge in [-0.15, -0.1) is 0 Å². The molecule has 0 saturated carbocycles. The zero-order chi connectivity index (χ0) is 22.9. The van der Waals surface area contributed by atoms with Crippen molar-refractivity contribution in [1.82, 2.24) is 14.9 Å². The lowest BCUT2D eigenvalue weighted by Crippen LogP contribution is -2.40. The zero-order valence-corrected chi connectivity index (χ0v) is 20.4. The van der Waals surface area contributed by atoms with E-state index < -0.39 is 0 Å². The number of nitrogens with one attached hydrogen (secondary N) is 1. The van der Waals surface area contributed by atoms with Crippen molar-refractivity contribution < 1.29 is 9.47 Å². The van der Waals surface area contributed by atoms with Crippen LogP contribution in [0.5, 0.6) is 11.5 Å². The minimum absolute atomic E-state index is 0.478. The lowest BCUT2D eigenvalue weighted by Gasteiger charge is -2.36. The number of nitrogens with zero attached hydrogens (tertiary/aromatic N) is 3. The quantitative estimate of drug-likeness (QED) is 0.420. The smallest absolute Gasteiger partial charge is 0.163 e. The molecule has 1 N–H and O–H groups in total. The second kappa shape index (κ2) is 9.53. The Kier molecular flexibility index (Phi) is 6.50. The van der Waals surface area contributed by atoms with Crippen LogP contribution in [0.2, 0.25) is 10.0 Å². The summed E-state index contributed by atoms with van der Waals surface area (Å²) in [4.78, 5) is 11.4. The fourth-order valence-electron chi connectivity index (χ4n) is 5.24. The Bertz CT molecular complexity index is 1140. The third-order valence-electron chi connectivity index (χ3n) is 7.08. The summed E-state index contributed by atoms with van der Waals surface area (Å²) in [5.74, 6) is 2.76. The average molecular weight is 487 g/mol. The highest BCUT2D eigenvalue weighted by Gasteiger charge is 2.38. The Balaban J connectivity index is 1.31. The van der Waals surface area contributed by atoms with Crippen LogP contribution >= 0.6 is 23.2 Å². The van der Waals surface area contributed by atoms with Crippen LogP contribution in [0, 0.1) is 5.92 Å². The molecule has 2 aliphatic heterocycles. The molecule has 1 aromatic heterocycles. The first-order valence-corrected chi connectivity index (χ1v) is 12.2. The number of hydrogen-bond donors (Lipinski definition) is 1. The molecule has 3 aromatic rings. The molecule has 2 bridgehead atoms. The molecule has 3 heterocycles. The number of rotatable bonds is 7. The van der Waals surface area contributed by atoms with E-state index in [1.165, 1.54) is 32.0 Å². The Morgan fingerprint density at radius 3 is 2.55 bits per heavy atom. The van der Waals surface area contributed by atoms with Crippen LogP contribution in [0.1, 0.15) is 32.1 Å². The summed E-state index contributed by atoms with van der Waals surface area (Å²) in [6.07, 6.45) is 7.84. The van der Waals surface area contributed by atoms with Crippen LogP contribution in [0.25, 0.3) is 10.9 Å². The van der Waals surface area contributed by atoms with Crippen molar-refractivity contribution in [3.8, 4) is 11.5 Å². The van der Waals surface area contributed by atoms with Gasteiger partial charge in [-0.05, 0) is 69.3 Å². The maximum Gasteiger partial charge on any atom is 0.163 e.